The average Bonchev–Trinajstić information content (AvgIpc) is 2.78. The van der Waals surface area contributed by atoms with E-state index in [0.29, 0.717) is 12.1 Å². The van der Waals surface area contributed by atoms with Crippen LogP contribution < -0.4 is 5.32 Å². The second kappa shape index (κ2) is 5.28. The van der Waals surface area contributed by atoms with Crippen LogP contribution in [-0.2, 0) is 4.74 Å². The van der Waals surface area contributed by atoms with Crippen LogP contribution in [0.2, 0.25) is 0 Å². The topological polar surface area (TPSA) is 24.5 Å². The van der Waals surface area contributed by atoms with Gasteiger partial charge in [0.25, 0.3) is 0 Å². The zero-order valence-corrected chi connectivity index (χ0v) is 10.0. The number of rotatable bonds is 3. The minimum atomic E-state index is 0.511. The van der Waals surface area contributed by atoms with E-state index >= 15 is 0 Å². The van der Waals surface area contributed by atoms with Crippen LogP contribution in [0.25, 0.3) is 0 Å². The third kappa shape index (κ3) is 2.71. The van der Waals surface area contributed by atoms with Crippen LogP contribution in [0.5, 0.6) is 0 Å². The summed E-state index contributed by atoms with van der Waals surface area (Å²) >= 11 is 0. The predicted octanol–water partition coefficient (Wildman–Crippen LogP) is 1.24. The monoisotopic (exact) mass is 212 g/mol. The van der Waals surface area contributed by atoms with Crippen molar-refractivity contribution in [3.63, 3.8) is 0 Å². The number of nitrogens with one attached hydrogen (secondary N) is 1. The summed E-state index contributed by atoms with van der Waals surface area (Å²) in [5.41, 5.74) is 0. The van der Waals surface area contributed by atoms with Crippen molar-refractivity contribution in [2.45, 2.75) is 50.3 Å². The van der Waals surface area contributed by atoms with E-state index in [1.54, 1.807) is 0 Å². The summed E-state index contributed by atoms with van der Waals surface area (Å²) < 4.78 is 5.49. The second-order valence-electron chi connectivity index (χ2n) is 4.95. The van der Waals surface area contributed by atoms with E-state index in [1.165, 1.54) is 45.2 Å². The molecule has 2 fully saturated rings. The van der Waals surface area contributed by atoms with Gasteiger partial charge in [0.15, 0.2) is 0 Å². The van der Waals surface area contributed by atoms with E-state index < -0.39 is 0 Å². The molecule has 0 aromatic carbocycles. The molecule has 3 atom stereocenters. The summed E-state index contributed by atoms with van der Waals surface area (Å²) in [5, 5.41) is 3.39. The first-order valence-corrected chi connectivity index (χ1v) is 6.27. The Labute approximate surface area is 93.2 Å². The molecule has 3 nitrogen and oxygen atoms in total. The van der Waals surface area contributed by atoms with Crippen LogP contribution in [0.3, 0.4) is 0 Å². The second-order valence-corrected chi connectivity index (χ2v) is 4.95. The zero-order valence-electron chi connectivity index (χ0n) is 10.0. The lowest BCUT2D eigenvalue weighted by molar-refractivity contribution is 0.0336. The van der Waals surface area contributed by atoms with Crippen LogP contribution in [0.1, 0.15) is 32.1 Å². The number of hydrogen-bond donors (Lipinski definition) is 1. The van der Waals surface area contributed by atoms with Crippen molar-refractivity contribution in [3.8, 4) is 0 Å². The van der Waals surface area contributed by atoms with Gasteiger partial charge in [-0.15, -0.1) is 0 Å². The van der Waals surface area contributed by atoms with Crippen LogP contribution in [0.4, 0.5) is 0 Å². The first-order chi connectivity index (χ1) is 7.33. The molecule has 2 aliphatic rings. The largest absolute Gasteiger partial charge is 0.381 e. The van der Waals surface area contributed by atoms with E-state index in [9.17, 15) is 0 Å². The van der Waals surface area contributed by atoms with E-state index in [4.69, 9.17) is 4.74 Å². The SMILES string of the molecule is CNC1CCN(C2CCCC(OC)C2)C1. The number of hydrogen-bond acceptors (Lipinski definition) is 3. The summed E-state index contributed by atoms with van der Waals surface area (Å²) in [6.07, 6.45) is 7.03. The average molecular weight is 212 g/mol. The maximum Gasteiger partial charge on any atom is 0.0586 e. The van der Waals surface area contributed by atoms with Gasteiger partial charge in [0.1, 0.15) is 0 Å². The van der Waals surface area contributed by atoms with Gasteiger partial charge in [-0.25, -0.2) is 0 Å². The third-order valence-electron chi connectivity index (χ3n) is 4.08. The van der Waals surface area contributed by atoms with Gasteiger partial charge in [0.2, 0.25) is 0 Å². The number of likely N-dealkylation sites (N-methyl/N-ethyl adjacent to an activating group) is 1. The maximum atomic E-state index is 5.49. The Morgan fingerprint density at radius 1 is 1.27 bits per heavy atom. The number of nitrogens with zero attached hydrogens (tertiary/aromatic N) is 1. The van der Waals surface area contributed by atoms with Gasteiger partial charge < -0.3 is 10.1 Å². The molecule has 15 heavy (non-hydrogen) atoms. The summed E-state index contributed by atoms with van der Waals surface area (Å²) in [6.45, 7) is 2.50. The van der Waals surface area contributed by atoms with Crippen molar-refractivity contribution in [2.75, 3.05) is 27.2 Å². The molecule has 1 N–H and O–H groups in total. The van der Waals surface area contributed by atoms with Gasteiger partial charge in [0, 0.05) is 32.3 Å². The molecule has 2 rings (SSSR count). The van der Waals surface area contributed by atoms with E-state index in [2.05, 4.69) is 17.3 Å². The van der Waals surface area contributed by atoms with E-state index in [0.717, 1.165) is 6.04 Å². The highest BCUT2D eigenvalue weighted by atomic mass is 16.5. The standard InChI is InChI=1S/C12H24N2O/c1-13-10-6-7-14(9-10)11-4-3-5-12(8-11)15-2/h10-13H,3-9H2,1-2H3. The molecule has 3 unspecified atom stereocenters. The molecule has 0 aromatic heterocycles. The van der Waals surface area contributed by atoms with Crippen molar-refractivity contribution in [1.82, 2.24) is 10.2 Å². The van der Waals surface area contributed by atoms with Crippen LogP contribution in [0, 0.1) is 0 Å². The summed E-state index contributed by atoms with van der Waals surface area (Å²) in [4.78, 5) is 2.66. The minimum absolute atomic E-state index is 0.511. The molecule has 1 saturated heterocycles. The Hall–Kier alpha value is -0.120. The van der Waals surface area contributed by atoms with Gasteiger partial charge in [-0.2, -0.15) is 0 Å². The van der Waals surface area contributed by atoms with Gasteiger partial charge >= 0.3 is 0 Å². The molecular formula is C12H24N2O. The Kier molecular flexibility index (Phi) is 4.00. The number of ether oxygens (including phenoxy) is 1. The highest BCUT2D eigenvalue weighted by molar-refractivity contribution is 4.88. The minimum Gasteiger partial charge on any atom is -0.381 e. The highest BCUT2D eigenvalue weighted by Gasteiger charge is 2.31. The Bertz CT molecular complexity index is 198. The van der Waals surface area contributed by atoms with Crippen LogP contribution in [-0.4, -0.2) is 50.3 Å². The molecule has 1 saturated carbocycles. The van der Waals surface area contributed by atoms with Crippen molar-refractivity contribution in [1.29, 1.82) is 0 Å². The van der Waals surface area contributed by atoms with Gasteiger partial charge in [-0.05, 0) is 39.2 Å². The van der Waals surface area contributed by atoms with E-state index in [1.807, 2.05) is 7.11 Å². The van der Waals surface area contributed by atoms with Crippen molar-refractivity contribution < 1.29 is 4.74 Å². The molecule has 1 aliphatic heterocycles. The number of likely N-dealkylation sites (tertiary alicyclic amines) is 1. The molecule has 0 radical (unpaired) electrons. The van der Waals surface area contributed by atoms with Crippen molar-refractivity contribution in [3.05, 3.63) is 0 Å². The molecule has 0 spiro atoms. The van der Waals surface area contributed by atoms with Gasteiger partial charge in [0.05, 0.1) is 6.10 Å². The lowest BCUT2D eigenvalue weighted by Gasteiger charge is -2.34. The third-order valence-corrected chi connectivity index (χ3v) is 4.08. The molecule has 88 valence electrons. The van der Waals surface area contributed by atoms with Crippen molar-refractivity contribution in [2.24, 2.45) is 0 Å². The highest BCUT2D eigenvalue weighted by Crippen LogP contribution is 2.27. The lowest BCUT2D eigenvalue weighted by Crippen LogP contribution is -2.40. The smallest absolute Gasteiger partial charge is 0.0586 e. The normalized spacial score (nSPS) is 38.4. The molecular weight excluding hydrogens is 188 g/mol. The summed E-state index contributed by atoms with van der Waals surface area (Å²) in [5.74, 6) is 0. The summed E-state index contributed by atoms with van der Waals surface area (Å²) in [6, 6.07) is 1.50. The molecule has 3 heteroatoms. The van der Waals surface area contributed by atoms with E-state index in [-0.39, 0.29) is 0 Å². The Morgan fingerprint density at radius 3 is 2.80 bits per heavy atom. The Morgan fingerprint density at radius 2 is 2.13 bits per heavy atom. The first kappa shape index (κ1) is 11.4. The molecule has 0 amide bonds. The molecule has 0 bridgehead atoms. The summed E-state index contributed by atoms with van der Waals surface area (Å²) in [7, 11) is 3.93. The van der Waals surface area contributed by atoms with Gasteiger partial charge in [-0.1, -0.05) is 0 Å². The quantitative estimate of drug-likeness (QED) is 0.762. The molecule has 1 aliphatic carbocycles. The lowest BCUT2D eigenvalue weighted by atomic mass is 9.92. The Balaban J connectivity index is 1.83. The van der Waals surface area contributed by atoms with Crippen molar-refractivity contribution >= 4 is 0 Å². The molecule has 1 heterocycles. The zero-order chi connectivity index (χ0) is 10.7. The number of methoxy groups -OCH3 is 1. The fourth-order valence-corrected chi connectivity index (χ4v) is 3.02. The van der Waals surface area contributed by atoms with Gasteiger partial charge in [-0.3, -0.25) is 4.90 Å². The maximum absolute atomic E-state index is 5.49. The molecule has 0 aromatic rings. The van der Waals surface area contributed by atoms with Crippen LogP contribution in [0.15, 0.2) is 0 Å². The fourth-order valence-electron chi connectivity index (χ4n) is 3.02. The fraction of sp³-hybridized carbons (Fsp3) is 1.00. The first-order valence-electron chi connectivity index (χ1n) is 6.27. The predicted molar refractivity (Wildman–Crippen MR) is 62.1 cm³/mol. The van der Waals surface area contributed by atoms with Crippen LogP contribution >= 0.6 is 0 Å².